The minimum absolute atomic E-state index is 0.0535. The molecule has 18 heavy (non-hydrogen) atoms. The topological polar surface area (TPSA) is 37.3 Å². The second-order valence-corrected chi connectivity index (χ2v) is 7.98. The molecule has 2 aliphatic carbocycles. The molecule has 2 heteroatoms. The van der Waals surface area contributed by atoms with Crippen molar-refractivity contribution in [1.29, 1.82) is 0 Å². The van der Waals surface area contributed by atoms with Crippen LogP contribution in [0.25, 0.3) is 0 Å². The molecule has 4 atom stereocenters. The summed E-state index contributed by atoms with van der Waals surface area (Å²) in [7, 11) is 0. The Balaban J connectivity index is 2.32. The van der Waals surface area contributed by atoms with Crippen LogP contribution in [0, 0.1) is 22.7 Å². The third kappa shape index (κ3) is 1.93. The van der Waals surface area contributed by atoms with Crippen molar-refractivity contribution in [2.24, 2.45) is 22.7 Å². The summed E-state index contributed by atoms with van der Waals surface area (Å²) in [6.07, 6.45) is 4.55. The highest BCUT2D eigenvalue weighted by Crippen LogP contribution is 2.58. The lowest BCUT2D eigenvalue weighted by molar-refractivity contribution is -0.189. The summed E-state index contributed by atoms with van der Waals surface area (Å²) >= 11 is 0. The predicted molar refractivity (Wildman–Crippen MR) is 73.3 cm³/mol. The van der Waals surface area contributed by atoms with Crippen LogP contribution in [0.5, 0.6) is 0 Å². The quantitative estimate of drug-likeness (QED) is 0.715. The second kappa shape index (κ2) is 4.06. The highest BCUT2D eigenvalue weighted by Gasteiger charge is 2.58. The molecule has 0 spiro atoms. The van der Waals surface area contributed by atoms with E-state index in [1.165, 1.54) is 6.42 Å². The monoisotopic (exact) mass is 252 g/mol. The maximum Gasteiger partial charge on any atom is 0.138 e. The number of hydrogen-bond donors (Lipinski definition) is 1. The predicted octanol–water partition coefficient (Wildman–Crippen LogP) is 3.57. The summed E-state index contributed by atoms with van der Waals surface area (Å²) < 4.78 is 0. The lowest BCUT2D eigenvalue weighted by Crippen LogP contribution is -2.60. The van der Waals surface area contributed by atoms with Crippen molar-refractivity contribution < 1.29 is 9.90 Å². The van der Waals surface area contributed by atoms with E-state index in [1.807, 2.05) is 6.92 Å². The van der Waals surface area contributed by atoms with E-state index in [4.69, 9.17) is 0 Å². The van der Waals surface area contributed by atoms with Crippen LogP contribution in [0.4, 0.5) is 0 Å². The first kappa shape index (κ1) is 14.0. The van der Waals surface area contributed by atoms with Gasteiger partial charge in [-0.1, -0.05) is 34.6 Å². The van der Waals surface area contributed by atoms with Crippen molar-refractivity contribution in [3.63, 3.8) is 0 Å². The van der Waals surface area contributed by atoms with Gasteiger partial charge in [0, 0.05) is 12.3 Å². The maximum atomic E-state index is 12.0. The second-order valence-electron chi connectivity index (χ2n) is 7.98. The zero-order chi connectivity index (χ0) is 13.8. The Morgan fingerprint density at radius 3 is 2.44 bits per heavy atom. The molecule has 0 bridgehead atoms. The van der Waals surface area contributed by atoms with Gasteiger partial charge >= 0.3 is 0 Å². The molecular formula is C16H28O2. The van der Waals surface area contributed by atoms with Gasteiger partial charge in [-0.25, -0.2) is 0 Å². The first-order chi connectivity index (χ1) is 8.10. The van der Waals surface area contributed by atoms with Gasteiger partial charge in [-0.2, -0.15) is 0 Å². The standard InChI is InChI=1S/C16H28O2/c1-11-13(17)7-9-15(5)8-6-12(14(2,3)4)10-16(11,15)18/h11-12,18H,6-10H2,1-5H3/t11-,12+,15+,16+/m0/s1. The van der Waals surface area contributed by atoms with Crippen LogP contribution in [-0.4, -0.2) is 16.5 Å². The molecule has 0 aromatic heterocycles. The Labute approximate surface area is 111 Å². The lowest BCUT2D eigenvalue weighted by Gasteiger charge is -2.58. The SMILES string of the molecule is C[C@H]1C(=O)CC[C@@]2(C)CC[C@@H](C(C)(C)C)C[C@@]12O. The zero-order valence-corrected chi connectivity index (χ0v) is 12.5. The fraction of sp³-hybridized carbons (Fsp3) is 0.938. The molecule has 0 aromatic rings. The average Bonchev–Trinajstić information content (AvgIpc) is 2.26. The molecule has 2 fully saturated rings. The Morgan fingerprint density at radius 2 is 1.89 bits per heavy atom. The average molecular weight is 252 g/mol. The highest BCUT2D eigenvalue weighted by atomic mass is 16.3. The smallest absolute Gasteiger partial charge is 0.138 e. The number of carbonyl (C=O) groups excluding carboxylic acids is 1. The molecule has 0 heterocycles. The molecule has 2 rings (SSSR count). The summed E-state index contributed by atoms with van der Waals surface area (Å²) in [5, 5.41) is 11.2. The maximum absolute atomic E-state index is 12.0. The van der Waals surface area contributed by atoms with Gasteiger partial charge in [0.05, 0.1) is 5.60 Å². The number of carbonyl (C=O) groups is 1. The summed E-state index contributed by atoms with van der Waals surface area (Å²) in [5.41, 5.74) is -0.613. The number of ketones is 1. The minimum Gasteiger partial charge on any atom is -0.389 e. The Hall–Kier alpha value is -0.370. The van der Waals surface area contributed by atoms with Crippen LogP contribution in [0.3, 0.4) is 0 Å². The van der Waals surface area contributed by atoms with Crippen LogP contribution in [0.2, 0.25) is 0 Å². The van der Waals surface area contributed by atoms with Crippen molar-refractivity contribution >= 4 is 5.78 Å². The molecule has 0 radical (unpaired) electrons. The largest absolute Gasteiger partial charge is 0.389 e. The third-order valence-corrected chi connectivity index (χ3v) is 5.99. The van der Waals surface area contributed by atoms with E-state index in [2.05, 4.69) is 27.7 Å². The van der Waals surface area contributed by atoms with Gasteiger partial charge in [-0.3, -0.25) is 4.79 Å². The van der Waals surface area contributed by atoms with E-state index >= 15 is 0 Å². The molecule has 2 saturated carbocycles. The molecule has 0 aliphatic heterocycles. The number of Topliss-reactive ketones (excluding diaryl/α,β-unsaturated/α-hetero) is 1. The van der Waals surface area contributed by atoms with Crippen molar-refractivity contribution in [2.75, 3.05) is 0 Å². The van der Waals surface area contributed by atoms with Gasteiger partial charge in [0.1, 0.15) is 5.78 Å². The van der Waals surface area contributed by atoms with Crippen LogP contribution < -0.4 is 0 Å². The molecular weight excluding hydrogens is 224 g/mol. The Bertz CT molecular complexity index is 355. The summed E-state index contributed by atoms with van der Waals surface area (Å²) in [5.74, 6) is 0.579. The number of hydrogen-bond acceptors (Lipinski definition) is 2. The fourth-order valence-electron chi connectivity index (χ4n) is 4.10. The van der Waals surface area contributed by atoms with Crippen LogP contribution >= 0.6 is 0 Å². The van der Waals surface area contributed by atoms with Crippen molar-refractivity contribution in [3.05, 3.63) is 0 Å². The molecule has 2 aliphatic rings. The Kier molecular flexibility index (Phi) is 3.17. The van der Waals surface area contributed by atoms with Gasteiger partial charge in [0.15, 0.2) is 0 Å². The van der Waals surface area contributed by atoms with E-state index in [0.717, 1.165) is 19.3 Å². The van der Waals surface area contributed by atoms with E-state index < -0.39 is 5.60 Å². The minimum atomic E-state index is -0.779. The van der Waals surface area contributed by atoms with Gasteiger partial charge in [0.2, 0.25) is 0 Å². The van der Waals surface area contributed by atoms with E-state index in [9.17, 15) is 9.90 Å². The normalized spacial score (nSPS) is 45.8. The fourth-order valence-corrected chi connectivity index (χ4v) is 4.10. The first-order valence-corrected chi connectivity index (χ1v) is 7.35. The summed E-state index contributed by atoms with van der Waals surface area (Å²) in [6.45, 7) is 10.9. The summed E-state index contributed by atoms with van der Waals surface area (Å²) in [6, 6.07) is 0. The third-order valence-electron chi connectivity index (χ3n) is 5.99. The van der Waals surface area contributed by atoms with Crippen molar-refractivity contribution in [3.8, 4) is 0 Å². The van der Waals surface area contributed by atoms with E-state index in [-0.39, 0.29) is 22.5 Å². The van der Waals surface area contributed by atoms with E-state index in [0.29, 0.717) is 12.3 Å². The van der Waals surface area contributed by atoms with Gasteiger partial charge in [-0.05, 0) is 42.4 Å². The van der Waals surface area contributed by atoms with Gasteiger partial charge < -0.3 is 5.11 Å². The molecule has 0 amide bonds. The Morgan fingerprint density at radius 1 is 1.28 bits per heavy atom. The zero-order valence-electron chi connectivity index (χ0n) is 12.5. The number of fused-ring (bicyclic) bond motifs is 1. The molecule has 0 unspecified atom stereocenters. The number of aliphatic hydroxyl groups is 1. The highest BCUT2D eigenvalue weighted by molar-refractivity contribution is 5.83. The van der Waals surface area contributed by atoms with Crippen molar-refractivity contribution in [1.82, 2.24) is 0 Å². The molecule has 0 aromatic carbocycles. The first-order valence-electron chi connectivity index (χ1n) is 7.35. The molecule has 0 saturated heterocycles. The van der Waals surface area contributed by atoms with Gasteiger partial charge in [-0.15, -0.1) is 0 Å². The summed E-state index contributed by atoms with van der Waals surface area (Å²) in [4.78, 5) is 12.0. The van der Waals surface area contributed by atoms with E-state index in [1.54, 1.807) is 0 Å². The van der Waals surface area contributed by atoms with Gasteiger partial charge in [0.25, 0.3) is 0 Å². The number of rotatable bonds is 0. The van der Waals surface area contributed by atoms with Crippen LogP contribution in [0.15, 0.2) is 0 Å². The van der Waals surface area contributed by atoms with Crippen LogP contribution in [0.1, 0.15) is 66.7 Å². The van der Waals surface area contributed by atoms with Crippen molar-refractivity contribution in [2.45, 2.75) is 72.3 Å². The van der Waals surface area contributed by atoms with Crippen LogP contribution in [-0.2, 0) is 4.79 Å². The molecule has 104 valence electrons. The molecule has 2 nitrogen and oxygen atoms in total. The lowest BCUT2D eigenvalue weighted by atomic mass is 9.49. The molecule has 1 N–H and O–H groups in total.